The number of aryl methyl sites for hydroxylation is 1. The summed E-state index contributed by atoms with van der Waals surface area (Å²) in [6.07, 6.45) is 1.74. The average Bonchev–Trinajstić information content (AvgIpc) is 3.02. The molecule has 0 spiro atoms. The van der Waals surface area contributed by atoms with Gasteiger partial charge in [-0.05, 0) is 48.7 Å². The van der Waals surface area contributed by atoms with Crippen LogP contribution in [0.3, 0.4) is 0 Å². The third kappa shape index (κ3) is 3.99. The van der Waals surface area contributed by atoms with Gasteiger partial charge in [0.1, 0.15) is 5.75 Å². The van der Waals surface area contributed by atoms with E-state index in [2.05, 4.69) is 5.32 Å². The first kappa shape index (κ1) is 17.0. The second-order valence-corrected chi connectivity index (χ2v) is 6.23. The number of methoxy groups -OCH3 is 1. The van der Waals surface area contributed by atoms with Crippen molar-refractivity contribution in [2.45, 2.75) is 26.2 Å². The monoisotopic (exact) mass is 338 g/mol. The Balaban J connectivity index is 1.72. The van der Waals surface area contributed by atoms with Crippen molar-refractivity contribution in [1.29, 1.82) is 0 Å². The van der Waals surface area contributed by atoms with Crippen LogP contribution >= 0.6 is 0 Å². The van der Waals surface area contributed by atoms with Crippen molar-refractivity contribution >= 4 is 23.2 Å². The molecule has 130 valence electrons. The Bertz CT molecular complexity index is 801. The lowest BCUT2D eigenvalue weighted by atomic mass is 10.1. The van der Waals surface area contributed by atoms with Gasteiger partial charge >= 0.3 is 0 Å². The normalized spacial score (nSPS) is 13.8. The molecule has 3 rings (SSSR count). The lowest BCUT2D eigenvalue weighted by Gasteiger charge is -2.19. The molecule has 2 aromatic carbocycles. The van der Waals surface area contributed by atoms with E-state index in [1.807, 2.05) is 49.4 Å². The Morgan fingerprint density at radius 3 is 2.80 bits per heavy atom. The second-order valence-electron chi connectivity index (χ2n) is 6.23. The molecule has 0 aromatic heterocycles. The molecule has 0 aliphatic carbocycles. The van der Waals surface area contributed by atoms with E-state index >= 15 is 0 Å². The number of hydrogen-bond donors (Lipinski definition) is 1. The molecule has 1 aliphatic rings. The highest BCUT2D eigenvalue weighted by molar-refractivity contribution is 5.98. The number of carbonyl (C=O) groups excluding carboxylic acids is 2. The summed E-state index contributed by atoms with van der Waals surface area (Å²) in [5, 5.41) is 2.92. The molecule has 0 bridgehead atoms. The van der Waals surface area contributed by atoms with Gasteiger partial charge in [-0.25, -0.2) is 0 Å². The molecule has 2 aromatic rings. The van der Waals surface area contributed by atoms with E-state index in [1.165, 1.54) is 0 Å². The van der Waals surface area contributed by atoms with Gasteiger partial charge in [-0.2, -0.15) is 0 Å². The molecule has 0 atom stereocenters. The Labute approximate surface area is 147 Å². The molecule has 5 heteroatoms. The molecule has 5 nitrogen and oxygen atoms in total. The van der Waals surface area contributed by atoms with Crippen LogP contribution < -0.4 is 15.0 Å². The van der Waals surface area contributed by atoms with E-state index in [0.717, 1.165) is 35.5 Å². The molecule has 1 N–H and O–H groups in total. The smallest absolute Gasteiger partial charge is 0.228 e. The highest BCUT2D eigenvalue weighted by Crippen LogP contribution is 2.28. The van der Waals surface area contributed by atoms with E-state index in [4.69, 9.17) is 4.74 Å². The molecule has 1 saturated heterocycles. The number of carbonyl (C=O) groups is 2. The van der Waals surface area contributed by atoms with Crippen molar-refractivity contribution in [2.75, 3.05) is 23.9 Å². The van der Waals surface area contributed by atoms with Gasteiger partial charge in [-0.15, -0.1) is 0 Å². The van der Waals surface area contributed by atoms with Gasteiger partial charge in [-0.1, -0.05) is 18.2 Å². The SMILES string of the molecule is COc1cccc(CC(=O)Nc2ccc(C)c(N3CCCC3=O)c2)c1. The summed E-state index contributed by atoms with van der Waals surface area (Å²) in [5.41, 5.74) is 3.50. The van der Waals surface area contributed by atoms with E-state index in [1.54, 1.807) is 12.0 Å². The highest BCUT2D eigenvalue weighted by atomic mass is 16.5. The third-order valence-corrected chi connectivity index (χ3v) is 4.36. The number of nitrogens with zero attached hydrogens (tertiary/aromatic N) is 1. The van der Waals surface area contributed by atoms with Crippen LogP contribution in [0.4, 0.5) is 11.4 Å². The van der Waals surface area contributed by atoms with Crippen LogP contribution in [-0.2, 0) is 16.0 Å². The lowest BCUT2D eigenvalue weighted by Crippen LogP contribution is -2.24. The van der Waals surface area contributed by atoms with E-state index < -0.39 is 0 Å². The summed E-state index contributed by atoms with van der Waals surface area (Å²) in [6, 6.07) is 13.1. The minimum absolute atomic E-state index is 0.101. The first-order chi connectivity index (χ1) is 12.1. The molecular formula is C20H22N2O3. The summed E-state index contributed by atoms with van der Waals surface area (Å²) in [6.45, 7) is 2.71. The molecule has 0 radical (unpaired) electrons. The first-order valence-corrected chi connectivity index (χ1v) is 8.40. The molecule has 0 unspecified atom stereocenters. The summed E-state index contributed by atoms with van der Waals surface area (Å²) in [4.78, 5) is 26.1. The quantitative estimate of drug-likeness (QED) is 0.910. The summed E-state index contributed by atoms with van der Waals surface area (Å²) in [7, 11) is 1.60. The minimum atomic E-state index is -0.101. The van der Waals surface area contributed by atoms with Crippen molar-refractivity contribution in [3.8, 4) is 5.75 Å². The van der Waals surface area contributed by atoms with Gasteiger partial charge in [0.05, 0.1) is 13.5 Å². The van der Waals surface area contributed by atoms with Crippen LogP contribution in [0.15, 0.2) is 42.5 Å². The predicted octanol–water partition coefficient (Wildman–Crippen LogP) is 3.31. The maximum absolute atomic E-state index is 12.3. The molecule has 1 fully saturated rings. The number of rotatable bonds is 5. The van der Waals surface area contributed by atoms with Gasteiger partial charge in [0.15, 0.2) is 0 Å². The lowest BCUT2D eigenvalue weighted by molar-refractivity contribution is -0.117. The first-order valence-electron chi connectivity index (χ1n) is 8.40. The van der Waals surface area contributed by atoms with Gasteiger partial charge in [-0.3, -0.25) is 9.59 Å². The van der Waals surface area contributed by atoms with E-state index in [9.17, 15) is 9.59 Å². The Morgan fingerprint density at radius 2 is 2.08 bits per heavy atom. The summed E-state index contributed by atoms with van der Waals surface area (Å²) >= 11 is 0. The van der Waals surface area contributed by atoms with E-state index in [-0.39, 0.29) is 18.2 Å². The maximum atomic E-state index is 12.3. The van der Waals surface area contributed by atoms with Crippen molar-refractivity contribution in [3.05, 3.63) is 53.6 Å². The van der Waals surface area contributed by atoms with Crippen LogP contribution in [0.1, 0.15) is 24.0 Å². The van der Waals surface area contributed by atoms with Gasteiger partial charge in [0, 0.05) is 24.3 Å². The Morgan fingerprint density at radius 1 is 1.24 bits per heavy atom. The van der Waals surface area contributed by atoms with Gasteiger partial charge in [0.2, 0.25) is 11.8 Å². The average molecular weight is 338 g/mol. The fraction of sp³-hybridized carbons (Fsp3) is 0.300. The van der Waals surface area contributed by atoms with Crippen molar-refractivity contribution in [2.24, 2.45) is 0 Å². The molecular weight excluding hydrogens is 316 g/mol. The van der Waals surface area contributed by atoms with Crippen LogP contribution in [0, 0.1) is 6.92 Å². The number of hydrogen-bond acceptors (Lipinski definition) is 3. The third-order valence-electron chi connectivity index (χ3n) is 4.36. The molecule has 1 heterocycles. The van der Waals surface area contributed by atoms with Gasteiger partial charge in [0.25, 0.3) is 0 Å². The van der Waals surface area contributed by atoms with Crippen LogP contribution in [-0.4, -0.2) is 25.5 Å². The van der Waals surface area contributed by atoms with Crippen LogP contribution in [0.5, 0.6) is 5.75 Å². The second kappa shape index (κ2) is 7.38. The zero-order valence-electron chi connectivity index (χ0n) is 14.5. The Hall–Kier alpha value is -2.82. The number of benzene rings is 2. The largest absolute Gasteiger partial charge is 0.497 e. The Kier molecular flexibility index (Phi) is 5.03. The zero-order valence-corrected chi connectivity index (χ0v) is 14.5. The standard InChI is InChI=1S/C20H22N2O3/c1-14-8-9-16(13-18(14)22-10-4-7-20(22)24)21-19(23)12-15-5-3-6-17(11-15)25-2/h3,5-6,8-9,11,13H,4,7,10,12H2,1-2H3,(H,21,23). The van der Waals surface area contributed by atoms with Crippen LogP contribution in [0.2, 0.25) is 0 Å². The number of amides is 2. The molecule has 2 amide bonds. The highest BCUT2D eigenvalue weighted by Gasteiger charge is 2.23. The van der Waals surface area contributed by atoms with Crippen molar-refractivity contribution < 1.29 is 14.3 Å². The molecule has 1 aliphatic heterocycles. The van der Waals surface area contributed by atoms with Crippen molar-refractivity contribution in [1.82, 2.24) is 0 Å². The number of nitrogens with one attached hydrogen (secondary N) is 1. The summed E-state index contributed by atoms with van der Waals surface area (Å²) < 4.78 is 5.18. The fourth-order valence-electron chi connectivity index (χ4n) is 3.05. The topological polar surface area (TPSA) is 58.6 Å². The molecule has 0 saturated carbocycles. The zero-order chi connectivity index (χ0) is 17.8. The van der Waals surface area contributed by atoms with E-state index in [0.29, 0.717) is 12.1 Å². The predicted molar refractivity (Wildman–Crippen MR) is 98.1 cm³/mol. The number of ether oxygens (including phenoxy) is 1. The minimum Gasteiger partial charge on any atom is -0.497 e. The fourth-order valence-corrected chi connectivity index (χ4v) is 3.05. The summed E-state index contributed by atoms with van der Waals surface area (Å²) in [5.74, 6) is 0.772. The maximum Gasteiger partial charge on any atom is 0.228 e. The number of anilines is 2. The van der Waals surface area contributed by atoms with Crippen molar-refractivity contribution in [3.63, 3.8) is 0 Å². The van der Waals surface area contributed by atoms with Crippen LogP contribution in [0.25, 0.3) is 0 Å². The van der Waals surface area contributed by atoms with Gasteiger partial charge < -0.3 is 15.0 Å². The molecule has 25 heavy (non-hydrogen) atoms.